The molecule has 0 radical (unpaired) electrons. The van der Waals surface area contributed by atoms with Gasteiger partial charge in [0.25, 0.3) is 0 Å². The van der Waals surface area contributed by atoms with Crippen molar-refractivity contribution >= 4 is 0 Å². The molecule has 3 aromatic carbocycles. The largest absolute Gasteiger partial charge is 0.497 e. The van der Waals surface area contributed by atoms with Crippen LogP contribution in [0.3, 0.4) is 0 Å². The van der Waals surface area contributed by atoms with Crippen LogP contribution in [0.1, 0.15) is 45.7 Å². The van der Waals surface area contributed by atoms with Gasteiger partial charge in [-0.3, -0.25) is 0 Å². The smallest absolute Gasteiger partial charge is 0.122 e. The Morgan fingerprint density at radius 3 is 2.24 bits per heavy atom. The fraction of sp³-hybridized carbons (Fsp3) is 0.333. The first kappa shape index (κ1) is 19.6. The van der Waals surface area contributed by atoms with Gasteiger partial charge in [-0.05, 0) is 84.9 Å². The fourth-order valence-electron chi connectivity index (χ4n) is 4.61. The van der Waals surface area contributed by atoms with Gasteiger partial charge >= 0.3 is 0 Å². The molecule has 0 spiro atoms. The van der Waals surface area contributed by atoms with Crippen LogP contribution < -0.4 is 9.47 Å². The van der Waals surface area contributed by atoms with Crippen LogP contribution in [0.25, 0.3) is 0 Å². The van der Waals surface area contributed by atoms with Gasteiger partial charge in [0, 0.05) is 6.07 Å². The Hall–Kier alpha value is -2.74. The van der Waals surface area contributed by atoms with E-state index in [2.05, 4.69) is 61.5 Å². The van der Waals surface area contributed by atoms with Crippen molar-refractivity contribution in [3.05, 3.63) is 94.0 Å². The summed E-state index contributed by atoms with van der Waals surface area (Å²) in [5.74, 6) is 2.30. The number of hydrogen-bond donors (Lipinski definition) is 0. The second-order valence-corrected chi connectivity index (χ2v) is 8.14. The molecule has 1 aliphatic carbocycles. The lowest BCUT2D eigenvalue weighted by molar-refractivity contribution is 0.393. The molecule has 0 saturated carbocycles. The van der Waals surface area contributed by atoms with Crippen LogP contribution in [0.5, 0.6) is 11.5 Å². The summed E-state index contributed by atoms with van der Waals surface area (Å²) in [7, 11) is 3.43. The molecule has 1 aliphatic rings. The van der Waals surface area contributed by atoms with Gasteiger partial charge in [-0.15, -0.1) is 0 Å². The van der Waals surface area contributed by atoms with E-state index in [1.165, 1.54) is 40.7 Å². The molecule has 3 aromatic rings. The molecule has 4 rings (SSSR count). The Kier molecular flexibility index (Phi) is 5.89. The summed E-state index contributed by atoms with van der Waals surface area (Å²) >= 11 is 0. The lowest BCUT2D eigenvalue weighted by atomic mass is 9.88. The van der Waals surface area contributed by atoms with E-state index >= 15 is 0 Å². The molecule has 0 saturated heterocycles. The van der Waals surface area contributed by atoms with Crippen molar-refractivity contribution in [1.29, 1.82) is 0 Å². The van der Waals surface area contributed by atoms with Gasteiger partial charge in [0.2, 0.25) is 0 Å². The first-order valence-electron chi connectivity index (χ1n) is 10.5. The number of ether oxygens (including phenoxy) is 2. The van der Waals surface area contributed by atoms with Crippen LogP contribution >= 0.6 is 0 Å². The number of benzene rings is 3. The normalized spacial score (nSPS) is 15.2. The first-order chi connectivity index (χ1) is 14.2. The maximum absolute atomic E-state index is 5.47. The highest BCUT2D eigenvalue weighted by molar-refractivity contribution is 5.45. The number of fused-ring (bicyclic) bond motifs is 1. The molecule has 2 nitrogen and oxygen atoms in total. The molecule has 1 unspecified atom stereocenters. The van der Waals surface area contributed by atoms with Gasteiger partial charge in [0.15, 0.2) is 0 Å². The maximum atomic E-state index is 5.47. The van der Waals surface area contributed by atoms with Crippen LogP contribution in [0.15, 0.2) is 60.7 Å². The molecule has 0 amide bonds. The second-order valence-electron chi connectivity index (χ2n) is 8.14. The van der Waals surface area contributed by atoms with Crippen LogP contribution in [-0.4, -0.2) is 14.2 Å². The van der Waals surface area contributed by atoms with E-state index in [1.54, 1.807) is 19.8 Å². The monoisotopic (exact) mass is 386 g/mol. The van der Waals surface area contributed by atoms with Crippen molar-refractivity contribution in [2.24, 2.45) is 0 Å². The molecular weight excluding hydrogens is 356 g/mol. The minimum absolute atomic E-state index is 0.566. The minimum Gasteiger partial charge on any atom is -0.497 e. The van der Waals surface area contributed by atoms with E-state index in [4.69, 9.17) is 9.47 Å². The summed E-state index contributed by atoms with van der Waals surface area (Å²) in [5, 5.41) is 0. The number of hydrogen-bond acceptors (Lipinski definition) is 2. The van der Waals surface area contributed by atoms with Gasteiger partial charge in [0.1, 0.15) is 11.5 Å². The van der Waals surface area contributed by atoms with Crippen LogP contribution in [0.2, 0.25) is 0 Å². The molecule has 0 N–H and O–H groups in total. The van der Waals surface area contributed by atoms with Gasteiger partial charge in [0.05, 0.1) is 14.2 Å². The summed E-state index contributed by atoms with van der Waals surface area (Å²) in [5.41, 5.74) is 8.66. The third-order valence-electron chi connectivity index (χ3n) is 6.15. The molecule has 0 fully saturated rings. The Morgan fingerprint density at radius 2 is 1.55 bits per heavy atom. The number of aryl methyl sites for hydroxylation is 4. The minimum atomic E-state index is 0.566. The van der Waals surface area contributed by atoms with Gasteiger partial charge in [-0.2, -0.15) is 0 Å². The summed E-state index contributed by atoms with van der Waals surface area (Å²) in [6.07, 6.45) is 5.62. The van der Waals surface area contributed by atoms with Crippen molar-refractivity contribution in [1.82, 2.24) is 0 Å². The molecule has 0 aromatic heterocycles. The third kappa shape index (κ3) is 4.48. The predicted octanol–water partition coefficient (Wildman–Crippen LogP) is 6.07. The summed E-state index contributed by atoms with van der Waals surface area (Å²) in [4.78, 5) is 0. The molecule has 0 bridgehead atoms. The average Bonchev–Trinajstić information content (AvgIpc) is 3.16. The Morgan fingerprint density at radius 1 is 0.828 bits per heavy atom. The zero-order valence-corrected chi connectivity index (χ0v) is 17.7. The SMILES string of the molecule is COc1cc(CC2CCc3cccc(CCc4ccc(C)cc4)c32)cc(OC)c1. The Bertz CT molecular complexity index is 950. The summed E-state index contributed by atoms with van der Waals surface area (Å²) < 4.78 is 10.9. The van der Waals surface area contributed by atoms with E-state index in [1.807, 2.05) is 6.07 Å². The highest BCUT2D eigenvalue weighted by Crippen LogP contribution is 2.39. The second kappa shape index (κ2) is 8.73. The highest BCUT2D eigenvalue weighted by atomic mass is 16.5. The summed E-state index contributed by atoms with van der Waals surface area (Å²) in [6.45, 7) is 2.14. The third-order valence-corrected chi connectivity index (χ3v) is 6.15. The number of rotatable bonds is 7. The lowest BCUT2D eigenvalue weighted by Gasteiger charge is -2.17. The quantitative estimate of drug-likeness (QED) is 0.491. The zero-order valence-electron chi connectivity index (χ0n) is 17.7. The van der Waals surface area contributed by atoms with Gasteiger partial charge < -0.3 is 9.47 Å². The van der Waals surface area contributed by atoms with E-state index in [0.29, 0.717) is 5.92 Å². The molecule has 150 valence electrons. The van der Waals surface area contributed by atoms with E-state index < -0.39 is 0 Å². The van der Waals surface area contributed by atoms with Crippen LogP contribution in [0.4, 0.5) is 0 Å². The van der Waals surface area contributed by atoms with Crippen molar-refractivity contribution in [3.8, 4) is 11.5 Å². The zero-order chi connectivity index (χ0) is 20.2. The van der Waals surface area contributed by atoms with E-state index in [9.17, 15) is 0 Å². The summed E-state index contributed by atoms with van der Waals surface area (Å²) in [6, 6.07) is 22.1. The van der Waals surface area contributed by atoms with Crippen molar-refractivity contribution < 1.29 is 9.47 Å². The van der Waals surface area contributed by atoms with E-state index in [-0.39, 0.29) is 0 Å². The maximum Gasteiger partial charge on any atom is 0.122 e. The van der Waals surface area contributed by atoms with Gasteiger partial charge in [-0.25, -0.2) is 0 Å². The first-order valence-corrected chi connectivity index (χ1v) is 10.5. The molecular formula is C27H30O2. The Balaban J connectivity index is 1.55. The van der Waals surface area contributed by atoms with E-state index in [0.717, 1.165) is 30.8 Å². The molecule has 0 aliphatic heterocycles. The van der Waals surface area contributed by atoms with Gasteiger partial charge in [-0.1, -0.05) is 48.0 Å². The van der Waals surface area contributed by atoms with Crippen molar-refractivity contribution in [2.45, 2.75) is 44.9 Å². The van der Waals surface area contributed by atoms with Crippen LogP contribution in [-0.2, 0) is 25.7 Å². The molecule has 29 heavy (non-hydrogen) atoms. The van der Waals surface area contributed by atoms with Crippen molar-refractivity contribution in [2.75, 3.05) is 14.2 Å². The van der Waals surface area contributed by atoms with Crippen LogP contribution in [0, 0.1) is 6.92 Å². The lowest BCUT2D eigenvalue weighted by Crippen LogP contribution is -2.04. The van der Waals surface area contributed by atoms with Crippen molar-refractivity contribution in [3.63, 3.8) is 0 Å². The topological polar surface area (TPSA) is 18.5 Å². The Labute approximate surface area is 174 Å². The number of methoxy groups -OCH3 is 2. The fourth-order valence-corrected chi connectivity index (χ4v) is 4.61. The average molecular weight is 387 g/mol. The highest BCUT2D eigenvalue weighted by Gasteiger charge is 2.25. The predicted molar refractivity (Wildman–Crippen MR) is 119 cm³/mol. The molecule has 1 atom stereocenters. The molecule has 2 heteroatoms. The molecule has 0 heterocycles. The standard InChI is InChI=1S/C27H30O2/c1-19-7-9-20(10-8-19)11-12-22-5-4-6-23-13-14-24(27(22)23)15-21-16-25(28-2)18-26(17-21)29-3/h4-10,16-18,24H,11-15H2,1-3H3.